The van der Waals surface area contributed by atoms with Crippen LogP contribution in [-0.2, 0) is 0 Å². The van der Waals surface area contributed by atoms with Crippen LogP contribution < -0.4 is 5.32 Å². The SMILES string of the molecule is Cc1cc(I)ccc1NC(=O)c1cc([N+](=O)[O-])ccc1Cl. The number of nitro groups is 1. The van der Waals surface area contributed by atoms with E-state index >= 15 is 0 Å². The maximum Gasteiger partial charge on any atom is 0.270 e. The maximum atomic E-state index is 12.2. The molecule has 0 aliphatic heterocycles. The Bertz CT molecular complexity index is 734. The Morgan fingerprint density at radius 2 is 2.00 bits per heavy atom. The highest BCUT2D eigenvalue weighted by molar-refractivity contribution is 14.1. The molecule has 0 saturated carbocycles. The zero-order valence-electron chi connectivity index (χ0n) is 10.9. The Morgan fingerprint density at radius 3 is 2.62 bits per heavy atom. The number of carbonyl (C=O) groups excluding carboxylic acids is 1. The van der Waals surface area contributed by atoms with E-state index in [-0.39, 0.29) is 16.3 Å². The van der Waals surface area contributed by atoms with Crippen LogP contribution in [0, 0.1) is 20.6 Å². The lowest BCUT2D eigenvalue weighted by Gasteiger charge is -2.09. The van der Waals surface area contributed by atoms with Crippen molar-refractivity contribution in [1.29, 1.82) is 0 Å². The summed E-state index contributed by atoms with van der Waals surface area (Å²) in [5.74, 6) is -0.479. The fraction of sp³-hybridized carbons (Fsp3) is 0.0714. The number of amides is 1. The molecule has 1 amide bonds. The van der Waals surface area contributed by atoms with Gasteiger partial charge < -0.3 is 5.32 Å². The molecule has 21 heavy (non-hydrogen) atoms. The number of nitrogens with zero attached hydrogens (tertiary/aromatic N) is 1. The summed E-state index contributed by atoms with van der Waals surface area (Å²) in [4.78, 5) is 22.4. The molecule has 0 heterocycles. The van der Waals surface area contributed by atoms with E-state index in [0.717, 1.165) is 9.13 Å². The van der Waals surface area contributed by atoms with Crippen LogP contribution in [0.2, 0.25) is 5.02 Å². The summed E-state index contributed by atoms with van der Waals surface area (Å²) in [5, 5.41) is 13.6. The van der Waals surface area contributed by atoms with Crippen molar-refractivity contribution >= 4 is 51.5 Å². The monoisotopic (exact) mass is 416 g/mol. The van der Waals surface area contributed by atoms with E-state index in [9.17, 15) is 14.9 Å². The number of halogens is 2. The van der Waals surface area contributed by atoms with E-state index in [1.165, 1.54) is 18.2 Å². The minimum Gasteiger partial charge on any atom is -0.322 e. The van der Waals surface area contributed by atoms with Gasteiger partial charge in [-0.2, -0.15) is 0 Å². The van der Waals surface area contributed by atoms with Crippen LogP contribution in [0.4, 0.5) is 11.4 Å². The van der Waals surface area contributed by atoms with Gasteiger partial charge in [-0.1, -0.05) is 11.6 Å². The topological polar surface area (TPSA) is 72.2 Å². The van der Waals surface area contributed by atoms with Gasteiger partial charge in [0.1, 0.15) is 0 Å². The molecule has 1 N–H and O–H groups in total. The molecule has 0 unspecified atom stereocenters. The fourth-order valence-corrected chi connectivity index (χ4v) is 2.61. The number of hydrogen-bond acceptors (Lipinski definition) is 3. The Balaban J connectivity index is 2.32. The number of non-ortho nitro benzene ring substituents is 1. The number of hydrogen-bond donors (Lipinski definition) is 1. The van der Waals surface area contributed by atoms with Crippen molar-refractivity contribution in [2.45, 2.75) is 6.92 Å². The van der Waals surface area contributed by atoms with Gasteiger partial charge in [0.25, 0.3) is 11.6 Å². The molecule has 5 nitrogen and oxygen atoms in total. The van der Waals surface area contributed by atoms with Crippen molar-refractivity contribution in [1.82, 2.24) is 0 Å². The minimum absolute atomic E-state index is 0.0730. The molecule has 7 heteroatoms. The van der Waals surface area contributed by atoms with Gasteiger partial charge in [-0.25, -0.2) is 0 Å². The quantitative estimate of drug-likeness (QED) is 0.457. The minimum atomic E-state index is -0.566. The van der Waals surface area contributed by atoms with Crippen molar-refractivity contribution in [3.8, 4) is 0 Å². The Labute approximate surface area is 139 Å². The molecule has 0 bridgehead atoms. The number of aryl methyl sites for hydroxylation is 1. The van der Waals surface area contributed by atoms with Gasteiger partial charge in [0.05, 0.1) is 15.5 Å². The Morgan fingerprint density at radius 1 is 1.29 bits per heavy atom. The molecule has 0 aromatic heterocycles. The second-order valence-corrected chi connectivity index (χ2v) is 5.99. The molecular formula is C14H10ClIN2O3. The molecule has 2 rings (SSSR count). The first-order chi connectivity index (χ1) is 9.88. The van der Waals surface area contributed by atoms with Crippen LogP contribution in [-0.4, -0.2) is 10.8 Å². The standard InChI is InChI=1S/C14H10ClIN2O3/c1-8-6-9(16)2-5-13(8)17-14(19)11-7-10(18(20)21)3-4-12(11)15/h2-7H,1H3,(H,17,19). The van der Waals surface area contributed by atoms with Gasteiger partial charge >= 0.3 is 0 Å². The smallest absolute Gasteiger partial charge is 0.270 e. The zero-order chi connectivity index (χ0) is 15.6. The number of carbonyl (C=O) groups is 1. The van der Waals surface area contributed by atoms with Gasteiger partial charge in [0.15, 0.2) is 0 Å². The predicted molar refractivity (Wildman–Crippen MR) is 90.0 cm³/mol. The second-order valence-electron chi connectivity index (χ2n) is 4.33. The van der Waals surface area contributed by atoms with Crippen molar-refractivity contribution in [3.05, 3.63) is 66.2 Å². The van der Waals surface area contributed by atoms with Gasteiger partial charge in [-0.3, -0.25) is 14.9 Å². The average molecular weight is 417 g/mol. The molecular weight excluding hydrogens is 407 g/mol. The molecule has 0 spiro atoms. The van der Waals surface area contributed by atoms with Crippen molar-refractivity contribution in [2.24, 2.45) is 0 Å². The Hall–Kier alpha value is -1.67. The summed E-state index contributed by atoms with van der Waals surface area (Å²) in [6, 6.07) is 9.33. The van der Waals surface area contributed by atoms with Gasteiger partial charge in [0, 0.05) is 21.4 Å². The van der Waals surface area contributed by atoms with E-state index < -0.39 is 10.8 Å². The molecule has 0 aliphatic carbocycles. The summed E-state index contributed by atoms with van der Waals surface area (Å²) in [6.45, 7) is 1.87. The maximum absolute atomic E-state index is 12.2. The van der Waals surface area contributed by atoms with Gasteiger partial charge in [0.2, 0.25) is 0 Å². The molecule has 108 valence electrons. The molecule has 0 atom stereocenters. The van der Waals surface area contributed by atoms with Crippen molar-refractivity contribution < 1.29 is 9.72 Å². The van der Waals surface area contributed by atoms with Crippen molar-refractivity contribution in [2.75, 3.05) is 5.32 Å². The molecule has 0 aliphatic rings. The summed E-state index contributed by atoms with van der Waals surface area (Å²) >= 11 is 8.12. The highest BCUT2D eigenvalue weighted by atomic mass is 127. The van der Waals surface area contributed by atoms with Crippen molar-refractivity contribution in [3.63, 3.8) is 0 Å². The first-order valence-electron chi connectivity index (χ1n) is 5.90. The summed E-state index contributed by atoms with van der Waals surface area (Å²) in [7, 11) is 0. The van der Waals surface area contributed by atoms with Crippen LogP contribution in [0.5, 0.6) is 0 Å². The lowest BCUT2D eigenvalue weighted by Crippen LogP contribution is -2.13. The van der Waals surface area contributed by atoms with Gasteiger partial charge in [-0.05, 0) is 59.3 Å². The van der Waals surface area contributed by atoms with Crippen LogP contribution in [0.15, 0.2) is 36.4 Å². The highest BCUT2D eigenvalue weighted by Gasteiger charge is 2.16. The molecule has 0 fully saturated rings. The lowest BCUT2D eigenvalue weighted by molar-refractivity contribution is -0.384. The second kappa shape index (κ2) is 6.40. The highest BCUT2D eigenvalue weighted by Crippen LogP contribution is 2.24. The number of nitrogens with one attached hydrogen (secondary N) is 1. The van der Waals surface area contributed by atoms with E-state index in [4.69, 9.17) is 11.6 Å². The third-order valence-corrected chi connectivity index (χ3v) is 3.84. The zero-order valence-corrected chi connectivity index (χ0v) is 13.8. The third-order valence-electron chi connectivity index (χ3n) is 2.84. The van der Waals surface area contributed by atoms with E-state index in [1.54, 1.807) is 6.07 Å². The average Bonchev–Trinajstić information content (AvgIpc) is 2.42. The normalized spacial score (nSPS) is 10.2. The van der Waals surface area contributed by atoms with Crippen LogP contribution in [0.1, 0.15) is 15.9 Å². The van der Waals surface area contributed by atoms with Gasteiger partial charge in [-0.15, -0.1) is 0 Å². The third kappa shape index (κ3) is 3.70. The first-order valence-corrected chi connectivity index (χ1v) is 7.35. The van der Waals surface area contributed by atoms with E-state index in [2.05, 4.69) is 27.9 Å². The van der Waals surface area contributed by atoms with Crippen LogP contribution in [0.25, 0.3) is 0 Å². The number of rotatable bonds is 3. The lowest BCUT2D eigenvalue weighted by atomic mass is 10.1. The first kappa shape index (κ1) is 15.7. The molecule has 2 aromatic rings. The number of anilines is 1. The van der Waals surface area contributed by atoms with E-state index in [0.29, 0.717) is 5.69 Å². The van der Waals surface area contributed by atoms with Crippen LogP contribution >= 0.6 is 34.2 Å². The number of nitro benzene ring substituents is 1. The fourth-order valence-electron chi connectivity index (χ4n) is 1.76. The molecule has 0 radical (unpaired) electrons. The molecule has 0 saturated heterocycles. The van der Waals surface area contributed by atoms with Crippen LogP contribution in [0.3, 0.4) is 0 Å². The predicted octanol–water partition coefficient (Wildman–Crippen LogP) is 4.41. The Kier molecular flexibility index (Phi) is 4.79. The van der Waals surface area contributed by atoms with E-state index in [1.807, 2.05) is 19.1 Å². The summed E-state index contributed by atoms with van der Waals surface area (Å²) in [5.41, 5.74) is 1.44. The largest absolute Gasteiger partial charge is 0.322 e. The summed E-state index contributed by atoms with van der Waals surface area (Å²) < 4.78 is 1.05. The summed E-state index contributed by atoms with van der Waals surface area (Å²) in [6.07, 6.45) is 0. The number of benzene rings is 2. The molecule has 2 aromatic carbocycles.